The van der Waals surface area contributed by atoms with Crippen LogP contribution in [0.3, 0.4) is 0 Å². The van der Waals surface area contributed by atoms with Gasteiger partial charge in [-0.2, -0.15) is 4.98 Å². The second kappa shape index (κ2) is 5.62. The van der Waals surface area contributed by atoms with E-state index in [9.17, 15) is 9.90 Å². The van der Waals surface area contributed by atoms with E-state index in [0.29, 0.717) is 31.3 Å². The molecule has 110 valence electrons. The predicted octanol–water partition coefficient (Wildman–Crippen LogP) is 0.721. The summed E-state index contributed by atoms with van der Waals surface area (Å²) >= 11 is 0. The van der Waals surface area contributed by atoms with Crippen LogP contribution in [0.2, 0.25) is 0 Å². The summed E-state index contributed by atoms with van der Waals surface area (Å²) in [6.45, 7) is 3.04. The molecule has 1 unspecified atom stereocenters. The summed E-state index contributed by atoms with van der Waals surface area (Å²) in [5.41, 5.74) is -0.0904. The van der Waals surface area contributed by atoms with Gasteiger partial charge in [0.1, 0.15) is 11.2 Å². The molecule has 0 amide bonds. The molecule has 7 nitrogen and oxygen atoms in total. The van der Waals surface area contributed by atoms with Crippen molar-refractivity contribution in [3.05, 3.63) is 11.8 Å². The Hall–Kier alpha value is -1.89. The molecule has 1 fully saturated rings. The minimum absolute atomic E-state index is 0.194. The van der Waals surface area contributed by atoms with Gasteiger partial charge in [0, 0.05) is 32.0 Å². The van der Waals surface area contributed by atoms with Crippen molar-refractivity contribution < 1.29 is 19.4 Å². The molecule has 1 N–H and O–H groups in total. The van der Waals surface area contributed by atoms with Crippen LogP contribution in [0.5, 0.6) is 6.01 Å². The quantitative estimate of drug-likeness (QED) is 0.851. The number of carboxylic acids is 1. The first-order chi connectivity index (χ1) is 9.50. The van der Waals surface area contributed by atoms with Crippen LogP contribution in [0.4, 0.5) is 5.82 Å². The first-order valence-corrected chi connectivity index (χ1v) is 6.38. The molecule has 1 aliphatic heterocycles. The summed E-state index contributed by atoms with van der Waals surface area (Å²) in [5, 5.41) is 9.45. The highest BCUT2D eigenvalue weighted by molar-refractivity contribution is 5.77. The maximum absolute atomic E-state index is 11.5. The van der Waals surface area contributed by atoms with E-state index < -0.39 is 11.4 Å². The van der Waals surface area contributed by atoms with E-state index in [2.05, 4.69) is 9.97 Å². The molecule has 0 radical (unpaired) electrons. The minimum Gasteiger partial charge on any atom is -0.481 e. The predicted molar refractivity (Wildman–Crippen MR) is 72.1 cm³/mol. The fourth-order valence-electron chi connectivity index (χ4n) is 2.48. The number of methoxy groups -OCH3 is 2. The maximum atomic E-state index is 11.5. The number of ether oxygens (including phenoxy) is 2. The van der Waals surface area contributed by atoms with Crippen molar-refractivity contribution >= 4 is 11.8 Å². The van der Waals surface area contributed by atoms with Crippen molar-refractivity contribution in [1.82, 2.24) is 9.97 Å². The van der Waals surface area contributed by atoms with Gasteiger partial charge in [0.2, 0.25) is 0 Å². The lowest BCUT2D eigenvalue weighted by Gasteiger charge is -2.24. The highest BCUT2D eigenvalue weighted by Gasteiger charge is 2.45. The highest BCUT2D eigenvalue weighted by atomic mass is 16.5. The molecule has 2 rings (SSSR count). The van der Waals surface area contributed by atoms with Crippen molar-refractivity contribution in [2.24, 2.45) is 5.41 Å². The number of rotatable bonds is 5. The number of aliphatic carboxylic acids is 1. The summed E-state index contributed by atoms with van der Waals surface area (Å²) in [7, 11) is 3.03. The van der Waals surface area contributed by atoms with E-state index in [0.717, 1.165) is 5.69 Å². The summed E-state index contributed by atoms with van der Waals surface area (Å²) in [6.07, 6.45) is 0.529. The fraction of sp³-hybridized carbons (Fsp3) is 0.615. The molecule has 0 aromatic carbocycles. The molecule has 7 heteroatoms. The van der Waals surface area contributed by atoms with E-state index in [4.69, 9.17) is 9.47 Å². The molecule has 1 aliphatic rings. The summed E-state index contributed by atoms with van der Waals surface area (Å²) in [6, 6.07) is 2.12. The number of carboxylic acid groups (broad SMARTS) is 1. The van der Waals surface area contributed by atoms with Crippen LogP contribution < -0.4 is 9.64 Å². The van der Waals surface area contributed by atoms with Gasteiger partial charge in [0.05, 0.1) is 13.7 Å². The van der Waals surface area contributed by atoms with Crippen LogP contribution >= 0.6 is 0 Å². The zero-order valence-electron chi connectivity index (χ0n) is 11.9. The third-order valence-electron chi connectivity index (χ3n) is 3.55. The Morgan fingerprint density at radius 3 is 2.85 bits per heavy atom. The smallest absolute Gasteiger partial charge is 0.318 e. The number of nitrogens with zero attached hydrogens (tertiary/aromatic N) is 3. The minimum atomic E-state index is -0.874. The normalized spacial score (nSPS) is 22.1. The van der Waals surface area contributed by atoms with E-state index in [1.807, 2.05) is 17.9 Å². The Morgan fingerprint density at radius 2 is 2.25 bits per heavy atom. The zero-order valence-corrected chi connectivity index (χ0v) is 11.9. The van der Waals surface area contributed by atoms with Crippen LogP contribution in [-0.4, -0.2) is 55.0 Å². The van der Waals surface area contributed by atoms with Gasteiger partial charge in [0.15, 0.2) is 0 Å². The number of hydrogen-bond acceptors (Lipinski definition) is 6. The van der Waals surface area contributed by atoms with E-state index in [1.165, 1.54) is 14.2 Å². The first kappa shape index (κ1) is 14.5. The highest BCUT2D eigenvalue weighted by Crippen LogP contribution is 2.34. The van der Waals surface area contributed by atoms with Crippen molar-refractivity contribution in [1.29, 1.82) is 0 Å². The fourth-order valence-corrected chi connectivity index (χ4v) is 2.48. The van der Waals surface area contributed by atoms with Gasteiger partial charge in [0.25, 0.3) is 0 Å². The molecule has 0 spiro atoms. The average Bonchev–Trinajstić information content (AvgIpc) is 2.84. The number of anilines is 1. The van der Waals surface area contributed by atoms with Crippen molar-refractivity contribution in [2.45, 2.75) is 13.3 Å². The Balaban J connectivity index is 2.24. The van der Waals surface area contributed by atoms with Crippen LogP contribution in [-0.2, 0) is 9.53 Å². The van der Waals surface area contributed by atoms with Crippen LogP contribution in [0.15, 0.2) is 6.07 Å². The summed E-state index contributed by atoms with van der Waals surface area (Å²) in [5.74, 6) is -0.145. The Bertz CT molecular complexity index is 508. The molecule has 1 aromatic heterocycles. The van der Waals surface area contributed by atoms with E-state index in [1.54, 1.807) is 0 Å². The molecule has 0 aliphatic carbocycles. The summed E-state index contributed by atoms with van der Waals surface area (Å²) in [4.78, 5) is 21.9. The zero-order chi connectivity index (χ0) is 14.8. The van der Waals surface area contributed by atoms with Gasteiger partial charge in [-0.3, -0.25) is 4.79 Å². The lowest BCUT2D eigenvalue weighted by Crippen LogP contribution is -2.38. The number of hydrogen-bond donors (Lipinski definition) is 1. The van der Waals surface area contributed by atoms with Crippen LogP contribution in [0.25, 0.3) is 0 Å². The largest absolute Gasteiger partial charge is 0.481 e. The first-order valence-electron chi connectivity index (χ1n) is 6.38. The van der Waals surface area contributed by atoms with Gasteiger partial charge >= 0.3 is 12.0 Å². The van der Waals surface area contributed by atoms with Crippen LogP contribution in [0, 0.1) is 12.3 Å². The maximum Gasteiger partial charge on any atom is 0.318 e. The Labute approximate surface area is 117 Å². The SMILES string of the molecule is COCC1(C(=O)O)CCN(c2cc(C)nc(OC)n2)C1. The third-order valence-corrected chi connectivity index (χ3v) is 3.55. The molecule has 0 saturated carbocycles. The monoisotopic (exact) mass is 281 g/mol. The van der Waals surface area contributed by atoms with Gasteiger partial charge in [-0.1, -0.05) is 0 Å². The molecule has 1 aromatic rings. The molecule has 1 saturated heterocycles. The molecule has 20 heavy (non-hydrogen) atoms. The molecule has 2 heterocycles. The van der Waals surface area contributed by atoms with Crippen molar-refractivity contribution in [3.8, 4) is 6.01 Å². The van der Waals surface area contributed by atoms with Crippen molar-refractivity contribution in [2.75, 3.05) is 38.8 Å². The number of carbonyl (C=O) groups is 1. The van der Waals surface area contributed by atoms with Crippen molar-refractivity contribution in [3.63, 3.8) is 0 Å². The molecule has 0 bridgehead atoms. The Kier molecular flexibility index (Phi) is 4.08. The topological polar surface area (TPSA) is 84.8 Å². The number of aryl methyl sites for hydroxylation is 1. The lowest BCUT2D eigenvalue weighted by atomic mass is 9.88. The van der Waals surface area contributed by atoms with Gasteiger partial charge in [-0.25, -0.2) is 4.98 Å². The molecular formula is C13H19N3O4. The standard InChI is InChI=1S/C13H19N3O4/c1-9-6-10(15-12(14-9)20-3)16-5-4-13(7-16,8-19-2)11(17)18/h6H,4-5,7-8H2,1-3H3,(H,17,18). The van der Waals surface area contributed by atoms with E-state index in [-0.39, 0.29) is 6.61 Å². The molecular weight excluding hydrogens is 262 g/mol. The second-order valence-electron chi connectivity index (χ2n) is 5.04. The number of aromatic nitrogens is 2. The van der Waals surface area contributed by atoms with Crippen LogP contribution in [0.1, 0.15) is 12.1 Å². The summed E-state index contributed by atoms with van der Waals surface area (Å²) < 4.78 is 10.1. The third kappa shape index (κ3) is 2.67. The van der Waals surface area contributed by atoms with Gasteiger partial charge in [-0.05, 0) is 13.3 Å². The van der Waals surface area contributed by atoms with Gasteiger partial charge in [-0.15, -0.1) is 0 Å². The van der Waals surface area contributed by atoms with E-state index >= 15 is 0 Å². The molecule has 1 atom stereocenters. The second-order valence-corrected chi connectivity index (χ2v) is 5.04. The Morgan fingerprint density at radius 1 is 1.50 bits per heavy atom. The average molecular weight is 281 g/mol. The lowest BCUT2D eigenvalue weighted by molar-refractivity contribution is -0.150. The van der Waals surface area contributed by atoms with Gasteiger partial charge < -0.3 is 19.5 Å².